The van der Waals surface area contributed by atoms with Gasteiger partial charge in [0.2, 0.25) is 0 Å². The van der Waals surface area contributed by atoms with E-state index in [-0.39, 0.29) is 5.91 Å². The molecule has 0 aliphatic carbocycles. The monoisotopic (exact) mass is 337 g/mol. The van der Waals surface area contributed by atoms with E-state index in [0.29, 0.717) is 12.1 Å². The highest BCUT2D eigenvalue weighted by Crippen LogP contribution is 2.22. The fourth-order valence-electron chi connectivity index (χ4n) is 2.92. The molecule has 0 radical (unpaired) electrons. The van der Waals surface area contributed by atoms with Crippen molar-refractivity contribution in [1.82, 2.24) is 19.6 Å². The minimum absolute atomic E-state index is 0.160. The van der Waals surface area contributed by atoms with Crippen molar-refractivity contribution in [3.8, 4) is 0 Å². The molecule has 0 unspecified atom stereocenters. The summed E-state index contributed by atoms with van der Waals surface area (Å²) >= 11 is 0. The van der Waals surface area contributed by atoms with Crippen LogP contribution in [0.25, 0.3) is 0 Å². The van der Waals surface area contributed by atoms with E-state index in [2.05, 4.69) is 40.6 Å². The molecule has 0 atom stereocenters. The number of benzene rings is 1. The van der Waals surface area contributed by atoms with Gasteiger partial charge in [-0.15, -0.1) is 0 Å². The number of rotatable bonds is 4. The first-order valence-electron chi connectivity index (χ1n) is 8.26. The first-order chi connectivity index (χ1) is 11.9. The maximum Gasteiger partial charge on any atom is 0.259 e. The Morgan fingerprint density at radius 2 is 1.92 bits per heavy atom. The lowest BCUT2D eigenvalue weighted by Gasteiger charge is -2.08. The molecule has 2 aromatic heterocycles. The van der Waals surface area contributed by atoms with E-state index in [1.807, 2.05) is 38.6 Å². The molecule has 3 rings (SSSR count). The first-order valence-corrected chi connectivity index (χ1v) is 8.26. The van der Waals surface area contributed by atoms with Gasteiger partial charge in [0.15, 0.2) is 0 Å². The highest BCUT2D eigenvalue weighted by molar-refractivity contribution is 6.05. The van der Waals surface area contributed by atoms with Gasteiger partial charge >= 0.3 is 0 Å². The summed E-state index contributed by atoms with van der Waals surface area (Å²) in [5.41, 5.74) is 6.33. The molecule has 0 aliphatic rings. The average molecular weight is 337 g/mol. The third kappa shape index (κ3) is 3.33. The number of hydrogen-bond acceptors (Lipinski definition) is 3. The zero-order chi connectivity index (χ0) is 18.1. The number of amides is 1. The Morgan fingerprint density at radius 1 is 1.16 bits per heavy atom. The Balaban J connectivity index is 1.84. The van der Waals surface area contributed by atoms with Crippen molar-refractivity contribution in [2.24, 2.45) is 7.05 Å². The van der Waals surface area contributed by atoms with Crippen LogP contribution in [-0.4, -0.2) is 25.5 Å². The van der Waals surface area contributed by atoms with Crippen LogP contribution >= 0.6 is 0 Å². The van der Waals surface area contributed by atoms with Crippen LogP contribution in [0.15, 0.2) is 30.5 Å². The van der Waals surface area contributed by atoms with Crippen LogP contribution in [0.2, 0.25) is 0 Å². The van der Waals surface area contributed by atoms with Gasteiger partial charge in [-0.25, -0.2) is 0 Å². The largest absolute Gasteiger partial charge is 0.319 e. The third-order valence-electron chi connectivity index (χ3n) is 4.51. The minimum Gasteiger partial charge on any atom is -0.319 e. The molecular weight excluding hydrogens is 314 g/mol. The van der Waals surface area contributed by atoms with E-state index in [1.54, 1.807) is 10.9 Å². The Hall–Kier alpha value is -2.89. The molecule has 1 aromatic carbocycles. The SMILES string of the molecule is Cc1cccc(Cn2nc(C)c(NC(=O)c3cnn(C)c3C)c2C)c1. The summed E-state index contributed by atoms with van der Waals surface area (Å²) in [6.45, 7) is 8.51. The second-order valence-electron chi connectivity index (χ2n) is 6.41. The number of nitrogens with zero attached hydrogens (tertiary/aromatic N) is 4. The molecular formula is C19H23N5O. The van der Waals surface area contributed by atoms with Crippen molar-refractivity contribution >= 4 is 11.6 Å². The van der Waals surface area contributed by atoms with Crippen molar-refractivity contribution in [2.75, 3.05) is 5.32 Å². The van der Waals surface area contributed by atoms with E-state index in [4.69, 9.17) is 0 Å². The van der Waals surface area contributed by atoms with Crippen LogP contribution in [0.1, 0.15) is 38.6 Å². The van der Waals surface area contributed by atoms with Crippen molar-refractivity contribution in [1.29, 1.82) is 0 Å². The summed E-state index contributed by atoms with van der Waals surface area (Å²) in [5.74, 6) is -0.160. The number of hydrogen-bond donors (Lipinski definition) is 1. The number of nitrogens with one attached hydrogen (secondary N) is 1. The topological polar surface area (TPSA) is 64.7 Å². The molecule has 6 heteroatoms. The summed E-state index contributed by atoms with van der Waals surface area (Å²) in [6.07, 6.45) is 1.59. The van der Waals surface area contributed by atoms with Crippen LogP contribution in [0.5, 0.6) is 0 Å². The molecule has 130 valence electrons. The van der Waals surface area contributed by atoms with Gasteiger partial charge in [0, 0.05) is 12.7 Å². The van der Waals surface area contributed by atoms with Crippen molar-refractivity contribution in [2.45, 2.75) is 34.2 Å². The minimum atomic E-state index is -0.160. The van der Waals surface area contributed by atoms with Crippen LogP contribution in [0.3, 0.4) is 0 Å². The van der Waals surface area contributed by atoms with Crippen molar-refractivity contribution < 1.29 is 4.79 Å². The second kappa shape index (κ2) is 6.55. The summed E-state index contributed by atoms with van der Waals surface area (Å²) in [6, 6.07) is 8.35. The zero-order valence-corrected chi connectivity index (χ0v) is 15.3. The molecule has 0 saturated carbocycles. The van der Waals surface area contributed by atoms with Crippen LogP contribution < -0.4 is 5.32 Å². The fraction of sp³-hybridized carbons (Fsp3) is 0.316. The van der Waals surface area contributed by atoms with Gasteiger partial charge in [0.05, 0.1) is 35.4 Å². The molecule has 1 N–H and O–H groups in total. The summed E-state index contributed by atoms with van der Waals surface area (Å²) in [4.78, 5) is 12.6. The first kappa shape index (κ1) is 17.0. The van der Waals surface area contributed by atoms with Gasteiger partial charge in [-0.1, -0.05) is 29.8 Å². The normalized spacial score (nSPS) is 10.9. The maximum atomic E-state index is 12.6. The third-order valence-corrected chi connectivity index (χ3v) is 4.51. The Labute approximate surface area is 147 Å². The molecule has 1 amide bonds. The van der Waals surface area contributed by atoms with Crippen LogP contribution in [-0.2, 0) is 13.6 Å². The lowest BCUT2D eigenvalue weighted by Crippen LogP contribution is -2.14. The van der Waals surface area contributed by atoms with Crippen molar-refractivity contribution in [3.63, 3.8) is 0 Å². The molecule has 0 bridgehead atoms. The molecule has 0 aliphatic heterocycles. The Bertz CT molecular complexity index is 935. The molecule has 0 fully saturated rings. The number of aromatic nitrogens is 4. The van der Waals surface area contributed by atoms with Gasteiger partial charge in [0.1, 0.15) is 0 Å². The summed E-state index contributed by atoms with van der Waals surface area (Å²) in [7, 11) is 1.82. The molecule has 2 heterocycles. The molecule has 0 saturated heterocycles. The number of carbonyl (C=O) groups excluding carboxylic acids is 1. The lowest BCUT2D eigenvalue weighted by molar-refractivity contribution is 0.102. The lowest BCUT2D eigenvalue weighted by atomic mass is 10.1. The van der Waals surface area contributed by atoms with E-state index < -0.39 is 0 Å². The standard InChI is InChI=1S/C19H23N5O/c1-12-7-6-8-16(9-12)11-24-15(4)18(13(2)22-24)21-19(25)17-10-20-23(5)14(17)3/h6-10H,11H2,1-5H3,(H,21,25). The van der Waals surface area contributed by atoms with Gasteiger partial charge in [-0.2, -0.15) is 10.2 Å². The van der Waals surface area contributed by atoms with Crippen LogP contribution in [0, 0.1) is 27.7 Å². The summed E-state index contributed by atoms with van der Waals surface area (Å²) in [5, 5.41) is 11.7. The molecule has 3 aromatic rings. The average Bonchev–Trinajstić information content (AvgIpc) is 3.02. The predicted molar refractivity (Wildman–Crippen MR) is 97.9 cm³/mol. The second-order valence-corrected chi connectivity index (χ2v) is 6.41. The van der Waals surface area contributed by atoms with Gasteiger partial charge in [-0.05, 0) is 33.3 Å². The summed E-state index contributed by atoms with van der Waals surface area (Å²) < 4.78 is 3.62. The predicted octanol–water partition coefficient (Wildman–Crippen LogP) is 3.15. The number of carbonyl (C=O) groups is 1. The maximum absolute atomic E-state index is 12.6. The smallest absolute Gasteiger partial charge is 0.259 e. The highest BCUT2D eigenvalue weighted by atomic mass is 16.1. The van der Waals surface area contributed by atoms with E-state index in [1.165, 1.54) is 11.1 Å². The number of anilines is 1. The highest BCUT2D eigenvalue weighted by Gasteiger charge is 2.18. The fourth-order valence-corrected chi connectivity index (χ4v) is 2.92. The Morgan fingerprint density at radius 3 is 2.56 bits per heavy atom. The van der Waals surface area contributed by atoms with E-state index in [9.17, 15) is 4.79 Å². The molecule has 0 spiro atoms. The zero-order valence-electron chi connectivity index (χ0n) is 15.3. The Kier molecular flexibility index (Phi) is 4.44. The molecule has 25 heavy (non-hydrogen) atoms. The molecule has 6 nitrogen and oxygen atoms in total. The van der Waals surface area contributed by atoms with Crippen molar-refractivity contribution in [3.05, 3.63) is 64.2 Å². The van der Waals surface area contributed by atoms with E-state index in [0.717, 1.165) is 22.8 Å². The van der Waals surface area contributed by atoms with Gasteiger partial charge < -0.3 is 5.32 Å². The van der Waals surface area contributed by atoms with Crippen LogP contribution in [0.4, 0.5) is 5.69 Å². The quantitative estimate of drug-likeness (QED) is 0.795. The van der Waals surface area contributed by atoms with Gasteiger partial charge in [-0.3, -0.25) is 14.2 Å². The van der Waals surface area contributed by atoms with Gasteiger partial charge in [0.25, 0.3) is 5.91 Å². The van der Waals surface area contributed by atoms with E-state index >= 15 is 0 Å². The number of aryl methyl sites for hydroxylation is 3.